The first-order chi connectivity index (χ1) is 10.2. The molecule has 0 aliphatic rings. The van der Waals surface area contributed by atoms with Gasteiger partial charge in [0.15, 0.2) is 0 Å². The topological polar surface area (TPSA) is 0 Å². The van der Waals surface area contributed by atoms with E-state index in [1.54, 1.807) is 0 Å². The first kappa shape index (κ1) is 20.4. The fourth-order valence-electron chi connectivity index (χ4n) is 2.31. The summed E-state index contributed by atoms with van der Waals surface area (Å²) < 4.78 is 0. The van der Waals surface area contributed by atoms with E-state index in [9.17, 15) is 0 Å². The van der Waals surface area contributed by atoms with Crippen LogP contribution >= 0.6 is 7.26 Å². The fraction of sp³-hybridized carbons (Fsp3) is 0.600. The van der Waals surface area contributed by atoms with E-state index in [0.717, 1.165) is 25.7 Å². The van der Waals surface area contributed by atoms with Crippen molar-refractivity contribution in [2.75, 3.05) is 24.6 Å². The summed E-state index contributed by atoms with van der Waals surface area (Å²) in [5.74, 6) is 0. The third kappa shape index (κ3) is 10.7. The average molecular weight is 307 g/mol. The highest BCUT2D eigenvalue weighted by molar-refractivity contribution is 7.76. The van der Waals surface area contributed by atoms with E-state index >= 15 is 0 Å². The molecule has 0 aliphatic heterocycles. The lowest BCUT2D eigenvalue weighted by Crippen LogP contribution is -2.08. The van der Waals surface area contributed by atoms with Crippen molar-refractivity contribution in [3.63, 3.8) is 0 Å². The van der Waals surface area contributed by atoms with Crippen molar-refractivity contribution in [3.05, 3.63) is 48.6 Å². The minimum absolute atomic E-state index is 0.962. The first-order valence-electron chi connectivity index (χ1n) is 8.69. The Morgan fingerprint density at radius 1 is 0.429 bits per heavy atom. The summed E-state index contributed by atoms with van der Waals surface area (Å²) in [6, 6.07) is 0. The van der Waals surface area contributed by atoms with Gasteiger partial charge in [-0.15, -0.1) is 0 Å². The molecule has 0 rings (SSSR count). The van der Waals surface area contributed by atoms with Gasteiger partial charge in [0.05, 0.1) is 24.6 Å². The SMILES string of the molecule is CC/C=C/C[P+](C/C=C/CC)(C/C=C/CC)C/C=C/CC. The maximum absolute atomic E-state index is 2.44. The minimum Gasteiger partial charge on any atom is -0.0852 e. The lowest BCUT2D eigenvalue weighted by molar-refractivity contribution is 1.20. The Labute approximate surface area is 134 Å². The zero-order valence-electron chi connectivity index (χ0n) is 14.7. The third-order valence-corrected chi connectivity index (χ3v) is 7.52. The van der Waals surface area contributed by atoms with Crippen molar-refractivity contribution in [1.82, 2.24) is 0 Å². The molecule has 0 aromatic rings. The van der Waals surface area contributed by atoms with Gasteiger partial charge < -0.3 is 0 Å². The molecule has 0 radical (unpaired) electrons. The summed E-state index contributed by atoms with van der Waals surface area (Å²) in [6.07, 6.45) is 28.9. The van der Waals surface area contributed by atoms with Gasteiger partial charge in [-0.25, -0.2) is 0 Å². The Kier molecular flexibility index (Phi) is 13.9. The smallest absolute Gasteiger partial charge is 0.0782 e. The van der Waals surface area contributed by atoms with Crippen molar-refractivity contribution in [2.45, 2.75) is 53.4 Å². The number of hydrogen-bond donors (Lipinski definition) is 0. The van der Waals surface area contributed by atoms with Crippen LogP contribution in [0.2, 0.25) is 0 Å². The quantitative estimate of drug-likeness (QED) is 0.272. The minimum atomic E-state index is -0.962. The molecule has 0 unspecified atom stereocenters. The molecule has 0 saturated carbocycles. The molecular formula is C20H36P+. The summed E-state index contributed by atoms with van der Waals surface area (Å²) in [7, 11) is -0.962. The van der Waals surface area contributed by atoms with Gasteiger partial charge in [-0.3, -0.25) is 0 Å². The van der Waals surface area contributed by atoms with Crippen LogP contribution in [0.4, 0.5) is 0 Å². The fourth-order valence-corrected chi connectivity index (χ4v) is 5.59. The van der Waals surface area contributed by atoms with E-state index in [0.29, 0.717) is 0 Å². The summed E-state index contributed by atoms with van der Waals surface area (Å²) in [5.41, 5.74) is 0. The van der Waals surface area contributed by atoms with Crippen LogP contribution < -0.4 is 0 Å². The highest BCUT2D eigenvalue weighted by atomic mass is 31.2. The van der Waals surface area contributed by atoms with Crippen molar-refractivity contribution in [1.29, 1.82) is 0 Å². The summed E-state index contributed by atoms with van der Waals surface area (Å²) >= 11 is 0. The molecule has 0 atom stereocenters. The number of hydrogen-bond acceptors (Lipinski definition) is 0. The molecule has 21 heavy (non-hydrogen) atoms. The summed E-state index contributed by atoms with van der Waals surface area (Å²) in [6.45, 7) is 8.90. The highest BCUT2D eigenvalue weighted by Crippen LogP contribution is 2.59. The largest absolute Gasteiger partial charge is 0.0852 e. The Bertz CT molecular complexity index is 264. The Morgan fingerprint density at radius 3 is 0.857 bits per heavy atom. The molecule has 0 saturated heterocycles. The van der Waals surface area contributed by atoms with Crippen LogP contribution in [0.1, 0.15) is 53.4 Å². The molecule has 120 valence electrons. The summed E-state index contributed by atoms with van der Waals surface area (Å²) in [5, 5.41) is 0. The standard InChI is InChI=1S/C20H36P/c1-5-9-13-17-21(18-14-10-6-2,19-15-11-7-3)20-16-12-8-4/h9-16H,5-8,17-20H2,1-4H3/q+1/b13-9+,14-10+,15-11+,16-12+. The predicted octanol–water partition coefficient (Wildman–Crippen LogP) is 6.87. The predicted molar refractivity (Wildman–Crippen MR) is 104 cm³/mol. The highest BCUT2D eigenvalue weighted by Gasteiger charge is 2.32. The number of rotatable bonds is 12. The van der Waals surface area contributed by atoms with E-state index in [4.69, 9.17) is 0 Å². The van der Waals surface area contributed by atoms with Crippen molar-refractivity contribution < 1.29 is 0 Å². The second-order valence-electron chi connectivity index (χ2n) is 5.59. The lowest BCUT2D eigenvalue weighted by atomic mass is 10.4. The summed E-state index contributed by atoms with van der Waals surface area (Å²) in [4.78, 5) is 0. The molecule has 0 aromatic heterocycles. The van der Waals surface area contributed by atoms with Crippen LogP contribution in [0.15, 0.2) is 48.6 Å². The molecule has 0 aromatic carbocycles. The van der Waals surface area contributed by atoms with E-state index in [1.165, 1.54) is 24.6 Å². The molecule has 0 heterocycles. The van der Waals surface area contributed by atoms with Crippen molar-refractivity contribution >= 4 is 7.26 Å². The Balaban J connectivity index is 5.02. The van der Waals surface area contributed by atoms with Gasteiger partial charge in [-0.2, -0.15) is 0 Å². The molecule has 1 heteroatoms. The molecule has 0 bridgehead atoms. The van der Waals surface area contributed by atoms with E-state index in [2.05, 4.69) is 76.3 Å². The van der Waals surface area contributed by atoms with E-state index in [1.807, 2.05) is 0 Å². The van der Waals surface area contributed by atoms with Gasteiger partial charge >= 0.3 is 0 Å². The zero-order chi connectivity index (χ0) is 15.8. The molecule has 0 N–H and O–H groups in total. The molecule has 0 nitrogen and oxygen atoms in total. The number of allylic oxidation sites excluding steroid dienone is 8. The first-order valence-corrected chi connectivity index (χ1v) is 11.2. The second kappa shape index (κ2) is 14.3. The van der Waals surface area contributed by atoms with Gasteiger partial charge in [0, 0.05) is 7.26 Å². The molecule has 0 amide bonds. The second-order valence-corrected chi connectivity index (χ2v) is 9.73. The van der Waals surface area contributed by atoms with Crippen LogP contribution in [0.25, 0.3) is 0 Å². The van der Waals surface area contributed by atoms with E-state index in [-0.39, 0.29) is 0 Å². The monoisotopic (exact) mass is 307 g/mol. The van der Waals surface area contributed by atoms with Gasteiger partial charge in [0.2, 0.25) is 0 Å². The van der Waals surface area contributed by atoms with Crippen LogP contribution in [-0.4, -0.2) is 24.6 Å². The maximum Gasteiger partial charge on any atom is 0.0782 e. The Morgan fingerprint density at radius 2 is 0.667 bits per heavy atom. The van der Waals surface area contributed by atoms with Crippen LogP contribution in [-0.2, 0) is 0 Å². The maximum atomic E-state index is 2.44. The van der Waals surface area contributed by atoms with Crippen molar-refractivity contribution in [3.8, 4) is 0 Å². The van der Waals surface area contributed by atoms with Gasteiger partial charge in [-0.1, -0.05) is 76.3 Å². The Hall–Kier alpha value is -0.610. The van der Waals surface area contributed by atoms with Gasteiger partial charge in [0.1, 0.15) is 0 Å². The zero-order valence-corrected chi connectivity index (χ0v) is 15.6. The van der Waals surface area contributed by atoms with Crippen LogP contribution in [0.5, 0.6) is 0 Å². The molecule has 0 aliphatic carbocycles. The lowest BCUT2D eigenvalue weighted by Gasteiger charge is -2.23. The third-order valence-electron chi connectivity index (χ3n) is 3.58. The molecular weight excluding hydrogens is 271 g/mol. The van der Waals surface area contributed by atoms with Crippen molar-refractivity contribution in [2.24, 2.45) is 0 Å². The van der Waals surface area contributed by atoms with Gasteiger partial charge in [-0.05, 0) is 25.7 Å². The molecule has 0 fully saturated rings. The normalized spacial score (nSPS) is 13.5. The van der Waals surface area contributed by atoms with E-state index < -0.39 is 7.26 Å². The van der Waals surface area contributed by atoms with Crippen LogP contribution in [0.3, 0.4) is 0 Å². The average Bonchev–Trinajstić information content (AvgIpc) is 2.48. The van der Waals surface area contributed by atoms with Gasteiger partial charge in [0.25, 0.3) is 0 Å². The molecule has 0 spiro atoms. The van der Waals surface area contributed by atoms with Crippen LogP contribution in [0, 0.1) is 0 Å².